The number of ether oxygens (including phenoxy) is 1. The summed E-state index contributed by atoms with van der Waals surface area (Å²) >= 11 is 1.65. The lowest BCUT2D eigenvalue weighted by molar-refractivity contribution is 0.0952. The molecule has 1 aliphatic rings. The second-order valence-corrected chi connectivity index (χ2v) is 8.72. The molecule has 31 heavy (non-hydrogen) atoms. The van der Waals surface area contributed by atoms with E-state index >= 15 is 0 Å². The highest BCUT2D eigenvalue weighted by Gasteiger charge is 2.23. The van der Waals surface area contributed by atoms with Crippen LogP contribution in [0.5, 0.6) is 5.75 Å². The van der Waals surface area contributed by atoms with Crippen molar-refractivity contribution >= 4 is 28.6 Å². The summed E-state index contributed by atoms with van der Waals surface area (Å²) in [5, 5.41) is 13.8. The van der Waals surface area contributed by atoms with E-state index in [1.165, 1.54) is 25.7 Å². The zero-order valence-corrected chi connectivity index (χ0v) is 19.2. The van der Waals surface area contributed by atoms with Crippen LogP contribution in [-0.4, -0.2) is 45.6 Å². The number of thioether (sulfide) groups is 1. The van der Waals surface area contributed by atoms with Crippen LogP contribution in [0.3, 0.4) is 0 Å². The smallest absolute Gasteiger partial charge is 0.253 e. The topological polar surface area (TPSA) is 81.9 Å². The van der Waals surface area contributed by atoms with E-state index < -0.39 is 0 Å². The summed E-state index contributed by atoms with van der Waals surface area (Å²) in [6.45, 7) is 2.45. The normalized spacial score (nSPS) is 14.3. The van der Waals surface area contributed by atoms with Gasteiger partial charge in [0.05, 0.1) is 23.9 Å². The number of benzene rings is 1. The number of hydrogen-bond acceptors (Lipinski definition) is 6. The first-order chi connectivity index (χ1) is 15.1. The number of methoxy groups -OCH3 is 1. The molecule has 3 aromatic rings. The van der Waals surface area contributed by atoms with E-state index in [1.807, 2.05) is 31.2 Å². The lowest BCUT2D eigenvalue weighted by Crippen LogP contribution is -2.26. The van der Waals surface area contributed by atoms with Gasteiger partial charge in [-0.15, -0.1) is 10.2 Å². The van der Waals surface area contributed by atoms with Crippen LogP contribution in [0.15, 0.2) is 29.4 Å². The number of nitrogens with zero attached hydrogens (tertiary/aromatic N) is 4. The van der Waals surface area contributed by atoms with Crippen LogP contribution in [0.25, 0.3) is 10.9 Å². The first kappa shape index (κ1) is 21.6. The largest absolute Gasteiger partial charge is 0.497 e. The van der Waals surface area contributed by atoms with Crippen molar-refractivity contribution in [2.24, 2.45) is 0 Å². The molecule has 0 bridgehead atoms. The van der Waals surface area contributed by atoms with Crippen LogP contribution >= 0.6 is 11.8 Å². The van der Waals surface area contributed by atoms with Crippen LogP contribution in [0.4, 0.5) is 0 Å². The van der Waals surface area contributed by atoms with Crippen molar-refractivity contribution in [3.63, 3.8) is 0 Å². The van der Waals surface area contributed by atoms with Gasteiger partial charge in [-0.2, -0.15) is 0 Å². The number of pyridine rings is 1. The second kappa shape index (κ2) is 9.68. The van der Waals surface area contributed by atoms with Gasteiger partial charge < -0.3 is 14.6 Å². The van der Waals surface area contributed by atoms with Crippen LogP contribution in [0.2, 0.25) is 0 Å². The van der Waals surface area contributed by atoms with E-state index in [0.29, 0.717) is 23.8 Å². The second-order valence-electron chi connectivity index (χ2n) is 7.95. The fourth-order valence-corrected chi connectivity index (χ4v) is 4.86. The predicted octanol–water partition coefficient (Wildman–Crippen LogP) is 4.34. The number of carbonyl (C=O) groups excluding carboxylic acids is 1. The highest BCUT2D eigenvalue weighted by Crippen LogP contribution is 2.33. The fraction of sp³-hybridized carbons (Fsp3) is 0.478. The van der Waals surface area contributed by atoms with E-state index in [9.17, 15) is 4.79 Å². The molecule has 164 valence electrons. The number of hydrogen-bond donors (Lipinski definition) is 1. The lowest BCUT2D eigenvalue weighted by Gasteiger charge is -2.16. The molecule has 0 saturated heterocycles. The maximum absolute atomic E-state index is 12.8. The van der Waals surface area contributed by atoms with E-state index in [0.717, 1.165) is 40.5 Å². The maximum atomic E-state index is 12.8. The Morgan fingerprint density at radius 1 is 1.26 bits per heavy atom. The molecule has 7 nitrogen and oxygen atoms in total. The molecule has 8 heteroatoms. The summed E-state index contributed by atoms with van der Waals surface area (Å²) in [5.41, 5.74) is 2.14. The molecule has 2 heterocycles. The van der Waals surface area contributed by atoms with Crippen molar-refractivity contribution < 1.29 is 9.53 Å². The van der Waals surface area contributed by atoms with Crippen LogP contribution in [-0.2, 0) is 6.42 Å². The molecule has 1 saturated carbocycles. The summed E-state index contributed by atoms with van der Waals surface area (Å²) in [6, 6.07) is 8.11. The zero-order chi connectivity index (χ0) is 21.8. The zero-order valence-electron chi connectivity index (χ0n) is 18.4. The molecule has 1 N–H and O–H groups in total. The predicted molar refractivity (Wildman–Crippen MR) is 123 cm³/mol. The molecular formula is C23H29N5O2S. The Morgan fingerprint density at radius 2 is 2.06 bits per heavy atom. The third kappa shape index (κ3) is 4.69. The third-order valence-corrected chi connectivity index (χ3v) is 6.57. The maximum Gasteiger partial charge on any atom is 0.253 e. The number of nitrogens with one attached hydrogen (secondary N) is 1. The average Bonchev–Trinajstić information content (AvgIpc) is 3.44. The number of aromatic nitrogens is 4. The molecule has 0 atom stereocenters. The van der Waals surface area contributed by atoms with E-state index in [2.05, 4.69) is 31.3 Å². The van der Waals surface area contributed by atoms with Crippen molar-refractivity contribution in [2.75, 3.05) is 19.9 Å². The Morgan fingerprint density at radius 3 is 2.81 bits per heavy atom. The van der Waals surface area contributed by atoms with E-state index in [-0.39, 0.29) is 5.91 Å². The minimum atomic E-state index is -0.0928. The number of aryl methyl sites for hydroxylation is 2. The highest BCUT2D eigenvalue weighted by atomic mass is 32.2. The average molecular weight is 440 g/mol. The first-order valence-electron chi connectivity index (χ1n) is 10.8. The molecular weight excluding hydrogens is 410 g/mol. The highest BCUT2D eigenvalue weighted by molar-refractivity contribution is 7.98. The Bertz CT molecular complexity index is 1080. The Labute approximate surface area is 187 Å². The molecule has 4 rings (SSSR count). The summed E-state index contributed by atoms with van der Waals surface area (Å²) < 4.78 is 7.58. The number of amides is 1. The standard InChI is InChI=1S/C23H29N5O2S/c1-15-19(13-16-10-11-18(30-2)14-20(16)25-15)22(29)24-12-6-9-21-26-27-23(31-3)28(21)17-7-4-5-8-17/h10-11,13-14,17H,4-9,12H2,1-3H3,(H,24,29). The van der Waals surface area contributed by atoms with Crippen LogP contribution < -0.4 is 10.1 Å². The van der Waals surface area contributed by atoms with Crippen LogP contribution in [0.1, 0.15) is 60.0 Å². The van der Waals surface area contributed by atoms with Gasteiger partial charge in [-0.1, -0.05) is 24.6 Å². The molecule has 0 radical (unpaired) electrons. The van der Waals surface area contributed by atoms with E-state index in [4.69, 9.17) is 4.74 Å². The Kier molecular flexibility index (Phi) is 6.75. The van der Waals surface area contributed by atoms with Gasteiger partial charge in [0.15, 0.2) is 5.16 Å². The van der Waals surface area contributed by atoms with Crippen molar-refractivity contribution in [1.29, 1.82) is 0 Å². The molecule has 1 aromatic carbocycles. The van der Waals surface area contributed by atoms with Gasteiger partial charge in [-0.25, -0.2) is 0 Å². The van der Waals surface area contributed by atoms with E-state index in [1.54, 1.807) is 18.9 Å². The number of rotatable bonds is 8. The molecule has 1 aliphatic carbocycles. The van der Waals surface area contributed by atoms with Gasteiger partial charge in [-0.05, 0) is 50.6 Å². The monoisotopic (exact) mass is 439 g/mol. The van der Waals surface area contributed by atoms with Crippen molar-refractivity contribution in [3.8, 4) is 5.75 Å². The van der Waals surface area contributed by atoms with Gasteiger partial charge in [0, 0.05) is 30.5 Å². The molecule has 0 aliphatic heterocycles. The lowest BCUT2D eigenvalue weighted by atomic mass is 10.1. The van der Waals surface area contributed by atoms with Gasteiger partial charge in [0.25, 0.3) is 5.91 Å². The minimum absolute atomic E-state index is 0.0928. The van der Waals surface area contributed by atoms with Crippen LogP contribution in [0, 0.1) is 6.92 Å². The van der Waals surface area contributed by atoms with Gasteiger partial charge in [-0.3, -0.25) is 9.78 Å². The minimum Gasteiger partial charge on any atom is -0.497 e. The molecule has 1 fully saturated rings. The van der Waals surface area contributed by atoms with Crippen molar-refractivity contribution in [1.82, 2.24) is 25.1 Å². The fourth-order valence-electron chi connectivity index (χ4n) is 4.29. The molecule has 0 unspecified atom stereocenters. The summed E-state index contributed by atoms with van der Waals surface area (Å²) in [4.78, 5) is 17.3. The number of carbonyl (C=O) groups is 1. The molecule has 2 aromatic heterocycles. The number of fused-ring (bicyclic) bond motifs is 1. The SMILES string of the molecule is COc1ccc2cc(C(=O)NCCCc3nnc(SC)n3C3CCCC3)c(C)nc2c1. The molecule has 0 spiro atoms. The summed E-state index contributed by atoms with van der Waals surface area (Å²) in [5.74, 6) is 1.69. The third-order valence-electron chi connectivity index (χ3n) is 5.93. The summed E-state index contributed by atoms with van der Waals surface area (Å²) in [6.07, 6.45) is 8.64. The van der Waals surface area contributed by atoms with Gasteiger partial charge in [0.2, 0.25) is 0 Å². The Hall–Kier alpha value is -2.61. The Balaban J connectivity index is 1.38. The first-order valence-corrected chi connectivity index (χ1v) is 12.0. The summed E-state index contributed by atoms with van der Waals surface area (Å²) in [7, 11) is 1.63. The van der Waals surface area contributed by atoms with Gasteiger partial charge in [0.1, 0.15) is 11.6 Å². The van der Waals surface area contributed by atoms with Gasteiger partial charge >= 0.3 is 0 Å². The molecule has 1 amide bonds. The van der Waals surface area contributed by atoms with Crippen molar-refractivity contribution in [2.45, 2.75) is 56.6 Å². The van der Waals surface area contributed by atoms with Crippen molar-refractivity contribution in [3.05, 3.63) is 41.3 Å². The quantitative estimate of drug-likeness (QED) is 0.415.